The van der Waals surface area contributed by atoms with Crippen molar-refractivity contribution in [2.45, 2.75) is 38.5 Å². The van der Waals surface area contributed by atoms with Crippen molar-refractivity contribution in [3.05, 3.63) is 35.5 Å². The van der Waals surface area contributed by atoms with Crippen LogP contribution in [0.2, 0.25) is 0 Å². The normalized spacial score (nSPS) is 13.5. The van der Waals surface area contributed by atoms with E-state index >= 15 is 0 Å². The molecular formula is C15H19N3. The van der Waals surface area contributed by atoms with Crippen LogP contribution >= 0.6 is 0 Å². The maximum absolute atomic E-state index is 9.18. The molecule has 94 valence electrons. The molecule has 3 heteroatoms. The van der Waals surface area contributed by atoms with Gasteiger partial charge in [-0.1, -0.05) is 6.08 Å². The predicted octanol–water partition coefficient (Wildman–Crippen LogP) is 3.21. The van der Waals surface area contributed by atoms with Crippen LogP contribution < -0.4 is 5.32 Å². The molecule has 1 N–H and O–H groups in total. The number of anilines is 1. The van der Waals surface area contributed by atoms with Crippen LogP contribution in [0.5, 0.6) is 0 Å². The average Bonchev–Trinajstić information content (AvgIpc) is 2.42. The Morgan fingerprint density at radius 2 is 2.28 bits per heavy atom. The summed E-state index contributed by atoms with van der Waals surface area (Å²) in [5, 5.41) is 12.4. The maximum Gasteiger partial charge on any atom is 0.144 e. The van der Waals surface area contributed by atoms with Crippen LogP contribution in [0.15, 0.2) is 18.7 Å². The van der Waals surface area contributed by atoms with Gasteiger partial charge in [-0.25, -0.2) is 4.98 Å². The highest BCUT2D eigenvalue weighted by Crippen LogP contribution is 2.24. The van der Waals surface area contributed by atoms with Gasteiger partial charge in [-0.3, -0.25) is 0 Å². The first-order valence-electron chi connectivity index (χ1n) is 6.63. The molecule has 0 fully saturated rings. The molecule has 0 unspecified atom stereocenters. The lowest BCUT2D eigenvalue weighted by Gasteiger charge is -2.17. The molecule has 0 aliphatic heterocycles. The quantitative estimate of drug-likeness (QED) is 0.636. The van der Waals surface area contributed by atoms with Crippen molar-refractivity contribution in [2.24, 2.45) is 0 Å². The van der Waals surface area contributed by atoms with Gasteiger partial charge in [0.05, 0.1) is 5.56 Å². The fourth-order valence-electron chi connectivity index (χ4n) is 2.31. The lowest BCUT2D eigenvalue weighted by atomic mass is 9.95. The van der Waals surface area contributed by atoms with Crippen molar-refractivity contribution >= 4 is 5.82 Å². The molecule has 1 aliphatic carbocycles. The number of aryl methyl sites for hydroxylation is 2. The van der Waals surface area contributed by atoms with Gasteiger partial charge in [0.1, 0.15) is 11.9 Å². The molecule has 0 saturated carbocycles. The Kier molecular flexibility index (Phi) is 4.35. The lowest BCUT2D eigenvalue weighted by molar-refractivity contribution is 0.667. The van der Waals surface area contributed by atoms with E-state index in [9.17, 15) is 5.26 Å². The van der Waals surface area contributed by atoms with Crippen LogP contribution in [0.4, 0.5) is 5.82 Å². The molecule has 0 spiro atoms. The summed E-state index contributed by atoms with van der Waals surface area (Å²) in [6, 6.07) is 4.25. The van der Waals surface area contributed by atoms with E-state index < -0.39 is 0 Å². The zero-order valence-electron chi connectivity index (χ0n) is 10.7. The Morgan fingerprint density at radius 3 is 3.06 bits per heavy atom. The Hall–Kier alpha value is -1.82. The van der Waals surface area contributed by atoms with E-state index in [4.69, 9.17) is 0 Å². The first kappa shape index (κ1) is 12.6. The average molecular weight is 241 g/mol. The molecule has 0 amide bonds. The smallest absolute Gasteiger partial charge is 0.144 e. The molecule has 0 saturated heterocycles. The minimum atomic E-state index is 0.675. The molecule has 0 radical (unpaired) electrons. The van der Waals surface area contributed by atoms with Crippen molar-refractivity contribution < 1.29 is 0 Å². The number of rotatable bonds is 5. The van der Waals surface area contributed by atoms with Gasteiger partial charge < -0.3 is 5.32 Å². The second kappa shape index (κ2) is 6.20. The fraction of sp³-hybridized carbons (Fsp3) is 0.467. The number of nitriles is 1. The monoisotopic (exact) mass is 241 g/mol. The standard InChI is InChI=1S/C15H19N3/c1-2-3-6-9-17-15-13(11-16)10-12-7-4-5-8-14(12)18-15/h2,10H,1,3-9H2,(H,17,18). The lowest BCUT2D eigenvalue weighted by Crippen LogP contribution is -2.11. The SMILES string of the molecule is C=CCCCNc1nc2c(cc1C#N)CCCC2. The summed E-state index contributed by atoms with van der Waals surface area (Å²) >= 11 is 0. The number of fused-ring (bicyclic) bond motifs is 1. The van der Waals surface area contributed by atoms with Gasteiger partial charge >= 0.3 is 0 Å². The summed E-state index contributed by atoms with van der Waals surface area (Å²) in [5.41, 5.74) is 3.11. The van der Waals surface area contributed by atoms with Crippen molar-refractivity contribution in [1.29, 1.82) is 5.26 Å². The molecule has 0 aromatic carbocycles. The molecule has 0 bridgehead atoms. The molecular weight excluding hydrogens is 222 g/mol. The van der Waals surface area contributed by atoms with E-state index in [2.05, 4.69) is 22.9 Å². The van der Waals surface area contributed by atoms with Gasteiger partial charge in [0, 0.05) is 12.2 Å². The highest BCUT2D eigenvalue weighted by atomic mass is 15.0. The first-order valence-corrected chi connectivity index (χ1v) is 6.63. The number of nitrogens with one attached hydrogen (secondary N) is 1. The number of aromatic nitrogens is 1. The van der Waals surface area contributed by atoms with Crippen LogP contribution in [0.1, 0.15) is 42.5 Å². The molecule has 1 aliphatic rings. The third-order valence-electron chi connectivity index (χ3n) is 3.30. The Bertz CT molecular complexity index is 471. The fourth-order valence-corrected chi connectivity index (χ4v) is 2.31. The van der Waals surface area contributed by atoms with Crippen LogP contribution in [-0.2, 0) is 12.8 Å². The highest BCUT2D eigenvalue weighted by Gasteiger charge is 2.14. The summed E-state index contributed by atoms with van der Waals surface area (Å²) in [5.74, 6) is 0.752. The van der Waals surface area contributed by atoms with E-state index in [-0.39, 0.29) is 0 Å². The van der Waals surface area contributed by atoms with Gasteiger partial charge in [0.15, 0.2) is 0 Å². The van der Waals surface area contributed by atoms with Gasteiger partial charge in [-0.2, -0.15) is 5.26 Å². The second-order valence-electron chi connectivity index (χ2n) is 4.67. The molecule has 3 nitrogen and oxygen atoms in total. The Morgan fingerprint density at radius 1 is 1.44 bits per heavy atom. The zero-order valence-corrected chi connectivity index (χ0v) is 10.7. The van der Waals surface area contributed by atoms with Crippen molar-refractivity contribution in [2.75, 3.05) is 11.9 Å². The highest BCUT2D eigenvalue weighted by molar-refractivity contribution is 5.54. The summed E-state index contributed by atoms with van der Waals surface area (Å²) in [7, 11) is 0. The minimum absolute atomic E-state index is 0.675. The van der Waals surface area contributed by atoms with E-state index in [1.807, 2.05) is 12.1 Å². The summed E-state index contributed by atoms with van der Waals surface area (Å²) < 4.78 is 0. The first-order chi connectivity index (χ1) is 8.85. The summed E-state index contributed by atoms with van der Waals surface area (Å²) in [6.45, 7) is 4.54. The van der Waals surface area contributed by atoms with Crippen molar-refractivity contribution in [1.82, 2.24) is 4.98 Å². The number of nitrogens with zero attached hydrogens (tertiary/aromatic N) is 2. The summed E-state index contributed by atoms with van der Waals surface area (Å²) in [6.07, 6.45) is 8.45. The van der Waals surface area contributed by atoms with E-state index in [0.717, 1.165) is 38.0 Å². The van der Waals surface area contributed by atoms with Crippen LogP contribution in [0.3, 0.4) is 0 Å². The third-order valence-corrected chi connectivity index (χ3v) is 3.30. The van der Waals surface area contributed by atoms with Gasteiger partial charge in [0.25, 0.3) is 0 Å². The van der Waals surface area contributed by atoms with Gasteiger partial charge in [0.2, 0.25) is 0 Å². The maximum atomic E-state index is 9.18. The van der Waals surface area contributed by atoms with Gasteiger partial charge in [-0.05, 0) is 50.2 Å². The van der Waals surface area contributed by atoms with Crippen molar-refractivity contribution in [3.63, 3.8) is 0 Å². The molecule has 18 heavy (non-hydrogen) atoms. The second-order valence-corrected chi connectivity index (χ2v) is 4.67. The topological polar surface area (TPSA) is 48.7 Å². The molecule has 2 rings (SSSR count). The van der Waals surface area contributed by atoms with E-state index in [0.29, 0.717) is 5.56 Å². The minimum Gasteiger partial charge on any atom is -0.369 e. The zero-order chi connectivity index (χ0) is 12.8. The predicted molar refractivity (Wildman–Crippen MR) is 73.5 cm³/mol. The van der Waals surface area contributed by atoms with E-state index in [1.165, 1.54) is 24.1 Å². The number of allylic oxidation sites excluding steroid dienone is 1. The Balaban J connectivity index is 2.13. The molecule has 0 atom stereocenters. The molecule has 1 aromatic heterocycles. The van der Waals surface area contributed by atoms with Crippen LogP contribution in [0, 0.1) is 11.3 Å². The summed E-state index contributed by atoms with van der Waals surface area (Å²) in [4.78, 5) is 4.62. The number of hydrogen-bond donors (Lipinski definition) is 1. The molecule has 1 heterocycles. The molecule has 1 aromatic rings. The number of hydrogen-bond acceptors (Lipinski definition) is 3. The van der Waals surface area contributed by atoms with Gasteiger partial charge in [-0.15, -0.1) is 6.58 Å². The number of unbranched alkanes of at least 4 members (excludes halogenated alkanes) is 1. The van der Waals surface area contributed by atoms with Crippen molar-refractivity contribution in [3.8, 4) is 6.07 Å². The largest absolute Gasteiger partial charge is 0.369 e. The number of pyridine rings is 1. The van der Waals surface area contributed by atoms with E-state index in [1.54, 1.807) is 0 Å². The third kappa shape index (κ3) is 2.89. The van der Waals surface area contributed by atoms with Crippen LogP contribution in [0.25, 0.3) is 0 Å². The van der Waals surface area contributed by atoms with Crippen LogP contribution in [-0.4, -0.2) is 11.5 Å². The Labute approximate surface area is 109 Å².